The maximum atomic E-state index is 8.48. The molecule has 0 aliphatic carbocycles. The quantitative estimate of drug-likeness (QED) is 0.791. The van der Waals surface area contributed by atoms with Gasteiger partial charge in [0.2, 0.25) is 0 Å². The lowest BCUT2D eigenvalue weighted by molar-refractivity contribution is 0.334. The Hall–Kier alpha value is -1.24. The van der Waals surface area contributed by atoms with Gasteiger partial charge in [-0.05, 0) is 24.7 Å². The first-order valence-electron chi connectivity index (χ1n) is 5.05. The fraction of sp³-hybridized carbons (Fsp3) is 0.417. The minimum atomic E-state index is 0.542. The molecule has 1 rings (SSSR count). The van der Waals surface area contributed by atoms with E-state index < -0.39 is 0 Å². The van der Waals surface area contributed by atoms with E-state index in [-0.39, 0.29) is 0 Å². The van der Waals surface area contributed by atoms with Crippen LogP contribution in [0.2, 0.25) is 5.02 Å². The van der Waals surface area contributed by atoms with Crippen molar-refractivity contribution in [3.63, 3.8) is 0 Å². The Morgan fingerprint density at radius 1 is 1.50 bits per heavy atom. The molecular formula is C12H15ClN2O. The monoisotopic (exact) mass is 238 g/mol. The Morgan fingerprint density at radius 3 is 2.81 bits per heavy atom. The summed E-state index contributed by atoms with van der Waals surface area (Å²) in [6.45, 7) is 1.55. The molecular weight excluding hydrogens is 224 g/mol. The van der Waals surface area contributed by atoms with E-state index in [0.717, 1.165) is 18.7 Å². The van der Waals surface area contributed by atoms with E-state index in [2.05, 4.69) is 11.0 Å². The molecule has 0 radical (unpaired) electrons. The van der Waals surface area contributed by atoms with Gasteiger partial charge < -0.3 is 9.64 Å². The molecule has 0 aliphatic rings. The number of nitrogens with zero attached hydrogens (tertiary/aromatic N) is 2. The second-order valence-corrected chi connectivity index (χ2v) is 4.02. The number of methoxy groups -OCH3 is 1. The van der Waals surface area contributed by atoms with Crippen molar-refractivity contribution in [3.05, 3.63) is 28.8 Å². The van der Waals surface area contributed by atoms with Crippen molar-refractivity contribution in [2.45, 2.75) is 13.0 Å². The van der Waals surface area contributed by atoms with E-state index in [1.165, 1.54) is 0 Å². The predicted molar refractivity (Wildman–Crippen MR) is 64.6 cm³/mol. The van der Waals surface area contributed by atoms with Gasteiger partial charge in [-0.25, -0.2) is 0 Å². The summed E-state index contributed by atoms with van der Waals surface area (Å²) >= 11 is 6.02. The first kappa shape index (κ1) is 12.8. The van der Waals surface area contributed by atoms with Gasteiger partial charge in [0.1, 0.15) is 5.75 Å². The van der Waals surface area contributed by atoms with Crippen molar-refractivity contribution in [3.8, 4) is 11.8 Å². The largest absolute Gasteiger partial charge is 0.495 e. The van der Waals surface area contributed by atoms with Gasteiger partial charge in [0.25, 0.3) is 0 Å². The van der Waals surface area contributed by atoms with Crippen LogP contribution in [-0.2, 0) is 6.54 Å². The number of halogens is 1. The summed E-state index contributed by atoms with van der Waals surface area (Å²) in [4.78, 5) is 2.08. The number of benzene rings is 1. The van der Waals surface area contributed by atoms with Crippen LogP contribution in [0.25, 0.3) is 0 Å². The van der Waals surface area contributed by atoms with Crippen molar-refractivity contribution < 1.29 is 4.74 Å². The van der Waals surface area contributed by atoms with Crippen molar-refractivity contribution in [1.29, 1.82) is 5.26 Å². The molecule has 1 aromatic carbocycles. The molecule has 0 aliphatic heterocycles. The number of hydrogen-bond acceptors (Lipinski definition) is 3. The zero-order valence-electron chi connectivity index (χ0n) is 9.53. The molecule has 0 amide bonds. The van der Waals surface area contributed by atoms with Gasteiger partial charge in [-0.3, -0.25) is 0 Å². The molecule has 0 saturated heterocycles. The molecule has 16 heavy (non-hydrogen) atoms. The summed E-state index contributed by atoms with van der Waals surface area (Å²) in [7, 11) is 3.58. The van der Waals surface area contributed by atoms with Crippen LogP contribution in [-0.4, -0.2) is 25.6 Å². The summed E-state index contributed by atoms with van der Waals surface area (Å²) in [5, 5.41) is 9.10. The fourth-order valence-corrected chi connectivity index (χ4v) is 1.72. The third-order valence-electron chi connectivity index (χ3n) is 2.27. The third-order valence-corrected chi connectivity index (χ3v) is 2.57. The molecule has 0 aromatic heterocycles. The van der Waals surface area contributed by atoms with E-state index in [1.54, 1.807) is 7.11 Å². The smallest absolute Gasteiger partial charge is 0.137 e. The zero-order chi connectivity index (χ0) is 12.0. The summed E-state index contributed by atoms with van der Waals surface area (Å²) in [5.74, 6) is 0.685. The van der Waals surface area contributed by atoms with Gasteiger partial charge in [0, 0.05) is 19.5 Å². The van der Waals surface area contributed by atoms with Gasteiger partial charge in [-0.2, -0.15) is 5.26 Å². The highest BCUT2D eigenvalue weighted by Gasteiger charge is 2.04. The van der Waals surface area contributed by atoms with Gasteiger partial charge in [-0.15, -0.1) is 0 Å². The zero-order valence-corrected chi connectivity index (χ0v) is 10.3. The van der Waals surface area contributed by atoms with Gasteiger partial charge in [0.05, 0.1) is 18.2 Å². The maximum Gasteiger partial charge on any atom is 0.137 e. The Kier molecular flexibility index (Phi) is 5.10. The first-order valence-corrected chi connectivity index (χ1v) is 5.43. The van der Waals surface area contributed by atoms with E-state index >= 15 is 0 Å². The molecule has 0 unspecified atom stereocenters. The van der Waals surface area contributed by atoms with Crippen LogP contribution in [0.4, 0.5) is 0 Å². The molecule has 86 valence electrons. The Bertz CT molecular complexity index is 387. The number of nitriles is 1. The first-order chi connectivity index (χ1) is 7.67. The van der Waals surface area contributed by atoms with Crippen LogP contribution in [0.5, 0.6) is 5.75 Å². The highest BCUT2D eigenvalue weighted by atomic mass is 35.5. The fourth-order valence-electron chi connectivity index (χ4n) is 1.44. The van der Waals surface area contributed by atoms with Gasteiger partial charge in [-0.1, -0.05) is 17.7 Å². The van der Waals surface area contributed by atoms with E-state index in [0.29, 0.717) is 17.2 Å². The highest BCUT2D eigenvalue weighted by molar-refractivity contribution is 6.32. The highest BCUT2D eigenvalue weighted by Crippen LogP contribution is 2.25. The summed E-state index contributed by atoms with van der Waals surface area (Å²) in [6, 6.07) is 7.86. The van der Waals surface area contributed by atoms with E-state index in [9.17, 15) is 0 Å². The summed E-state index contributed by atoms with van der Waals surface area (Å²) in [6.07, 6.45) is 0.542. The molecule has 3 nitrogen and oxygen atoms in total. The van der Waals surface area contributed by atoms with E-state index in [1.807, 2.05) is 25.2 Å². The molecule has 1 aromatic rings. The Balaban J connectivity index is 2.61. The van der Waals surface area contributed by atoms with Crippen LogP contribution in [0.15, 0.2) is 18.2 Å². The number of hydrogen-bond donors (Lipinski definition) is 0. The second-order valence-electron chi connectivity index (χ2n) is 3.61. The van der Waals surface area contributed by atoms with Crippen LogP contribution in [0.1, 0.15) is 12.0 Å². The Morgan fingerprint density at radius 2 is 2.25 bits per heavy atom. The summed E-state index contributed by atoms with van der Waals surface area (Å²) < 4.78 is 5.08. The van der Waals surface area contributed by atoms with Crippen LogP contribution >= 0.6 is 11.6 Å². The van der Waals surface area contributed by atoms with Gasteiger partial charge in [0.15, 0.2) is 0 Å². The lowest BCUT2D eigenvalue weighted by Gasteiger charge is -2.15. The normalized spacial score (nSPS) is 10.2. The predicted octanol–water partition coefficient (Wildman–Crippen LogP) is 2.69. The van der Waals surface area contributed by atoms with Crippen LogP contribution in [0, 0.1) is 11.3 Å². The van der Waals surface area contributed by atoms with Crippen molar-refractivity contribution >= 4 is 11.6 Å². The van der Waals surface area contributed by atoms with Crippen molar-refractivity contribution in [1.82, 2.24) is 4.90 Å². The SMILES string of the molecule is COc1ccc(CN(C)CCC#N)cc1Cl. The lowest BCUT2D eigenvalue weighted by atomic mass is 10.2. The standard InChI is InChI=1S/C12H15ClN2O/c1-15(7-3-6-14)9-10-4-5-12(16-2)11(13)8-10/h4-5,8H,3,7,9H2,1-2H3. The van der Waals surface area contributed by atoms with Crippen molar-refractivity contribution in [2.24, 2.45) is 0 Å². The minimum absolute atomic E-state index is 0.542. The average molecular weight is 239 g/mol. The lowest BCUT2D eigenvalue weighted by Crippen LogP contribution is -2.18. The van der Waals surface area contributed by atoms with Gasteiger partial charge >= 0.3 is 0 Å². The number of ether oxygens (including phenoxy) is 1. The maximum absolute atomic E-state index is 8.48. The molecule has 0 heterocycles. The molecule has 4 heteroatoms. The van der Waals surface area contributed by atoms with E-state index in [4.69, 9.17) is 21.6 Å². The molecule has 0 fully saturated rings. The molecule has 0 atom stereocenters. The molecule has 0 N–H and O–H groups in total. The minimum Gasteiger partial charge on any atom is -0.495 e. The van der Waals surface area contributed by atoms with Crippen molar-refractivity contribution in [2.75, 3.05) is 20.7 Å². The molecule has 0 bridgehead atoms. The number of rotatable bonds is 5. The summed E-state index contributed by atoms with van der Waals surface area (Å²) in [5.41, 5.74) is 1.12. The molecule has 0 spiro atoms. The molecule has 0 saturated carbocycles. The second kappa shape index (κ2) is 6.37. The van der Waals surface area contributed by atoms with Crippen LogP contribution < -0.4 is 4.74 Å². The third kappa shape index (κ3) is 3.73. The average Bonchev–Trinajstić information content (AvgIpc) is 2.26. The topological polar surface area (TPSA) is 36.3 Å². The van der Waals surface area contributed by atoms with Crippen LogP contribution in [0.3, 0.4) is 0 Å². The Labute approximate surface area is 101 Å².